The highest BCUT2D eigenvalue weighted by atomic mass is 32.2. The number of amides is 1. The van der Waals surface area contributed by atoms with Crippen molar-refractivity contribution in [3.63, 3.8) is 0 Å². The molecule has 1 atom stereocenters. The molecule has 0 saturated carbocycles. The van der Waals surface area contributed by atoms with E-state index in [1.165, 1.54) is 26.2 Å². The minimum atomic E-state index is -3.43. The van der Waals surface area contributed by atoms with E-state index in [2.05, 4.69) is 10.6 Å². The molecule has 2 N–H and O–H groups in total. The Morgan fingerprint density at radius 2 is 2.00 bits per heavy atom. The molecule has 1 saturated heterocycles. The lowest BCUT2D eigenvalue weighted by Crippen LogP contribution is -2.27. The first-order valence-electron chi connectivity index (χ1n) is 6.95. The summed E-state index contributed by atoms with van der Waals surface area (Å²) in [5, 5.41) is 6.06. The summed E-state index contributed by atoms with van der Waals surface area (Å²) in [6.07, 6.45) is 2.57. The third kappa shape index (κ3) is 4.03. The van der Waals surface area contributed by atoms with Crippen LogP contribution in [0.5, 0.6) is 0 Å². The van der Waals surface area contributed by atoms with Gasteiger partial charge >= 0.3 is 0 Å². The fraction of sp³-hybridized carbons (Fsp3) is 0.500. The van der Waals surface area contributed by atoms with Crippen LogP contribution in [-0.4, -0.2) is 45.3 Å². The SMILES string of the molecule is CN(C)S(=O)(=O)c1ccc(NC(=O)CC2CCCN2)cc1. The fourth-order valence-corrected chi connectivity index (χ4v) is 3.19. The van der Waals surface area contributed by atoms with E-state index >= 15 is 0 Å². The number of anilines is 1. The zero-order chi connectivity index (χ0) is 15.5. The number of carbonyl (C=O) groups is 1. The van der Waals surface area contributed by atoms with Gasteiger partial charge in [0.25, 0.3) is 0 Å². The van der Waals surface area contributed by atoms with E-state index < -0.39 is 10.0 Å². The number of rotatable bonds is 5. The first-order valence-corrected chi connectivity index (χ1v) is 8.39. The summed E-state index contributed by atoms with van der Waals surface area (Å²) in [7, 11) is -0.459. The van der Waals surface area contributed by atoms with Gasteiger partial charge in [-0.05, 0) is 43.7 Å². The second kappa shape index (κ2) is 6.55. The third-order valence-electron chi connectivity index (χ3n) is 3.51. The molecule has 1 aromatic rings. The quantitative estimate of drug-likeness (QED) is 0.851. The lowest BCUT2D eigenvalue weighted by molar-refractivity contribution is -0.116. The number of hydrogen-bond donors (Lipinski definition) is 2. The maximum Gasteiger partial charge on any atom is 0.242 e. The Morgan fingerprint density at radius 1 is 1.33 bits per heavy atom. The third-order valence-corrected chi connectivity index (χ3v) is 5.34. The van der Waals surface area contributed by atoms with E-state index in [0.29, 0.717) is 12.1 Å². The number of hydrogen-bond acceptors (Lipinski definition) is 4. The number of carbonyl (C=O) groups excluding carboxylic acids is 1. The van der Waals surface area contributed by atoms with Crippen LogP contribution in [0.4, 0.5) is 5.69 Å². The molecule has 1 aliphatic heterocycles. The first kappa shape index (κ1) is 15.9. The largest absolute Gasteiger partial charge is 0.326 e. The Bertz CT molecular complexity index is 590. The Hall–Kier alpha value is -1.44. The lowest BCUT2D eigenvalue weighted by atomic mass is 10.1. The van der Waals surface area contributed by atoms with Gasteiger partial charge in [-0.1, -0.05) is 0 Å². The van der Waals surface area contributed by atoms with Crippen LogP contribution in [0.3, 0.4) is 0 Å². The minimum absolute atomic E-state index is 0.0578. The second-order valence-corrected chi connectivity index (χ2v) is 7.51. The highest BCUT2D eigenvalue weighted by Gasteiger charge is 2.19. The zero-order valence-corrected chi connectivity index (χ0v) is 13.1. The van der Waals surface area contributed by atoms with Crippen LogP contribution in [0.1, 0.15) is 19.3 Å². The molecule has 1 amide bonds. The molecular formula is C14H21N3O3S. The average Bonchev–Trinajstić information content (AvgIpc) is 2.91. The average molecular weight is 311 g/mol. The van der Waals surface area contributed by atoms with Gasteiger partial charge in [-0.2, -0.15) is 0 Å². The molecule has 116 valence electrons. The summed E-state index contributed by atoms with van der Waals surface area (Å²) in [5.74, 6) is -0.0578. The van der Waals surface area contributed by atoms with Gasteiger partial charge in [0.2, 0.25) is 15.9 Å². The molecule has 0 aromatic heterocycles. The van der Waals surface area contributed by atoms with Crippen molar-refractivity contribution >= 4 is 21.6 Å². The van der Waals surface area contributed by atoms with Crippen molar-refractivity contribution in [2.24, 2.45) is 0 Å². The molecule has 6 nitrogen and oxygen atoms in total. The van der Waals surface area contributed by atoms with Crippen molar-refractivity contribution < 1.29 is 13.2 Å². The van der Waals surface area contributed by atoms with Gasteiger partial charge < -0.3 is 10.6 Å². The maximum absolute atomic E-state index is 11.9. The van der Waals surface area contributed by atoms with Crippen molar-refractivity contribution in [3.05, 3.63) is 24.3 Å². The molecule has 21 heavy (non-hydrogen) atoms. The highest BCUT2D eigenvalue weighted by Crippen LogP contribution is 2.17. The molecule has 1 aromatic carbocycles. The number of benzene rings is 1. The van der Waals surface area contributed by atoms with Gasteiger partial charge in [-0.25, -0.2) is 12.7 Å². The number of nitrogens with one attached hydrogen (secondary N) is 2. The van der Waals surface area contributed by atoms with Gasteiger partial charge in [0.05, 0.1) is 4.90 Å². The Morgan fingerprint density at radius 3 is 2.52 bits per heavy atom. The Labute approximate surface area is 125 Å². The van der Waals surface area contributed by atoms with Crippen molar-refractivity contribution in [2.45, 2.75) is 30.2 Å². The topological polar surface area (TPSA) is 78.5 Å². The van der Waals surface area contributed by atoms with Gasteiger partial charge in [0, 0.05) is 32.2 Å². The first-order chi connectivity index (χ1) is 9.89. The molecule has 1 aliphatic rings. The minimum Gasteiger partial charge on any atom is -0.326 e. The second-order valence-electron chi connectivity index (χ2n) is 5.36. The summed E-state index contributed by atoms with van der Waals surface area (Å²) < 4.78 is 25.0. The summed E-state index contributed by atoms with van der Waals surface area (Å²) in [5.41, 5.74) is 0.607. The van der Waals surface area contributed by atoms with Crippen LogP contribution >= 0.6 is 0 Å². The van der Waals surface area contributed by atoms with Crippen LogP contribution in [0.15, 0.2) is 29.2 Å². The number of nitrogens with zero attached hydrogens (tertiary/aromatic N) is 1. The standard InChI is InChI=1S/C14H21N3O3S/c1-17(2)21(19,20)13-7-5-11(6-8-13)16-14(18)10-12-4-3-9-15-12/h5-8,12,15H,3-4,9-10H2,1-2H3,(H,16,18). The van der Waals surface area contributed by atoms with Crippen molar-refractivity contribution in [2.75, 3.05) is 26.0 Å². The van der Waals surface area contributed by atoms with Gasteiger partial charge in [0.1, 0.15) is 0 Å². The van der Waals surface area contributed by atoms with E-state index in [9.17, 15) is 13.2 Å². The van der Waals surface area contributed by atoms with E-state index in [1.54, 1.807) is 12.1 Å². The van der Waals surface area contributed by atoms with E-state index in [4.69, 9.17) is 0 Å². The van der Waals surface area contributed by atoms with E-state index in [1.807, 2.05) is 0 Å². The van der Waals surface area contributed by atoms with Crippen LogP contribution in [0, 0.1) is 0 Å². The summed E-state index contributed by atoms with van der Waals surface area (Å²) in [4.78, 5) is 12.1. The molecule has 1 heterocycles. The van der Waals surface area contributed by atoms with Crippen molar-refractivity contribution in [3.8, 4) is 0 Å². The summed E-state index contributed by atoms with van der Waals surface area (Å²) in [6, 6.07) is 6.46. The van der Waals surface area contributed by atoms with Crippen molar-refractivity contribution in [1.82, 2.24) is 9.62 Å². The smallest absolute Gasteiger partial charge is 0.242 e. The van der Waals surface area contributed by atoms with Gasteiger partial charge in [-0.15, -0.1) is 0 Å². The van der Waals surface area contributed by atoms with Crippen LogP contribution in [0.25, 0.3) is 0 Å². The van der Waals surface area contributed by atoms with Crippen LogP contribution < -0.4 is 10.6 Å². The number of sulfonamides is 1. The normalized spacial score (nSPS) is 18.9. The van der Waals surface area contributed by atoms with Gasteiger partial charge in [-0.3, -0.25) is 4.79 Å². The molecule has 2 rings (SSSR count). The maximum atomic E-state index is 11.9. The highest BCUT2D eigenvalue weighted by molar-refractivity contribution is 7.89. The summed E-state index contributed by atoms with van der Waals surface area (Å²) >= 11 is 0. The monoisotopic (exact) mass is 311 g/mol. The summed E-state index contributed by atoms with van der Waals surface area (Å²) in [6.45, 7) is 0.967. The predicted molar refractivity (Wildman–Crippen MR) is 81.6 cm³/mol. The van der Waals surface area contributed by atoms with Gasteiger partial charge in [0.15, 0.2) is 0 Å². The molecule has 0 spiro atoms. The molecule has 0 bridgehead atoms. The predicted octanol–water partition coefficient (Wildman–Crippen LogP) is 1.02. The van der Waals surface area contributed by atoms with Crippen molar-refractivity contribution in [1.29, 1.82) is 0 Å². The van der Waals surface area contributed by atoms with E-state index in [0.717, 1.165) is 23.7 Å². The Kier molecular flexibility index (Phi) is 4.97. The molecule has 7 heteroatoms. The molecule has 1 unspecified atom stereocenters. The molecular weight excluding hydrogens is 290 g/mol. The Balaban J connectivity index is 1.97. The van der Waals surface area contributed by atoms with Crippen LogP contribution in [0.2, 0.25) is 0 Å². The lowest BCUT2D eigenvalue weighted by Gasteiger charge is -2.13. The zero-order valence-electron chi connectivity index (χ0n) is 12.3. The molecule has 0 radical (unpaired) electrons. The fourth-order valence-electron chi connectivity index (χ4n) is 2.29. The molecule has 0 aliphatic carbocycles. The molecule has 1 fully saturated rings. The van der Waals surface area contributed by atoms with E-state index in [-0.39, 0.29) is 16.8 Å². The van der Waals surface area contributed by atoms with Crippen LogP contribution in [-0.2, 0) is 14.8 Å².